The first-order chi connectivity index (χ1) is 25.7. The molecule has 3 heterocycles. The molecule has 0 unspecified atom stereocenters. The van der Waals surface area contributed by atoms with Gasteiger partial charge in [-0.15, -0.1) is 0 Å². The van der Waals surface area contributed by atoms with Crippen molar-refractivity contribution < 1.29 is 4.42 Å². The zero-order valence-electron chi connectivity index (χ0n) is 27.7. The fraction of sp³-hybridized carbons (Fsp3) is 0. The molecule has 0 radical (unpaired) electrons. The van der Waals surface area contributed by atoms with Gasteiger partial charge in [0.05, 0.1) is 22.7 Å². The molecule has 0 N–H and O–H groups in total. The number of nitriles is 1. The molecule has 0 spiro atoms. The van der Waals surface area contributed by atoms with Gasteiger partial charge < -0.3 is 4.42 Å². The molecular formula is C46H27N5O. The van der Waals surface area contributed by atoms with Crippen molar-refractivity contribution in [1.29, 1.82) is 5.26 Å². The van der Waals surface area contributed by atoms with E-state index in [0.29, 0.717) is 23.2 Å². The van der Waals surface area contributed by atoms with Gasteiger partial charge in [-0.3, -0.25) is 4.57 Å². The minimum atomic E-state index is 0.542. The molecular weight excluding hydrogens is 639 g/mol. The summed E-state index contributed by atoms with van der Waals surface area (Å²) in [5.41, 5.74) is 10.3. The summed E-state index contributed by atoms with van der Waals surface area (Å²) in [6.07, 6.45) is 0. The summed E-state index contributed by atoms with van der Waals surface area (Å²) in [6, 6.07) is 57.5. The second kappa shape index (κ2) is 11.9. The first-order valence-corrected chi connectivity index (χ1v) is 17.1. The fourth-order valence-electron chi connectivity index (χ4n) is 7.23. The van der Waals surface area contributed by atoms with E-state index in [1.807, 2.05) is 78.9 Å². The van der Waals surface area contributed by atoms with Crippen LogP contribution in [0.1, 0.15) is 5.56 Å². The van der Waals surface area contributed by atoms with Crippen LogP contribution in [0, 0.1) is 11.3 Å². The Kier molecular flexibility index (Phi) is 6.76. The van der Waals surface area contributed by atoms with Gasteiger partial charge in [0.15, 0.2) is 11.6 Å². The highest BCUT2D eigenvalue weighted by Gasteiger charge is 2.19. The van der Waals surface area contributed by atoms with Gasteiger partial charge in [-0.05, 0) is 70.8 Å². The van der Waals surface area contributed by atoms with Crippen LogP contribution in [0.5, 0.6) is 0 Å². The van der Waals surface area contributed by atoms with Gasteiger partial charge in [-0.1, -0.05) is 115 Å². The number of furan rings is 1. The summed E-state index contributed by atoms with van der Waals surface area (Å²) in [5, 5.41) is 13.6. The molecule has 0 atom stereocenters. The number of para-hydroxylation sites is 2. The van der Waals surface area contributed by atoms with Crippen molar-refractivity contribution in [3.8, 4) is 57.0 Å². The van der Waals surface area contributed by atoms with Crippen LogP contribution in [0.3, 0.4) is 0 Å². The number of fused-ring (bicyclic) bond motifs is 6. The van der Waals surface area contributed by atoms with Crippen molar-refractivity contribution >= 4 is 43.7 Å². The van der Waals surface area contributed by atoms with E-state index in [-0.39, 0.29) is 0 Å². The topological polar surface area (TPSA) is 80.5 Å². The maximum absolute atomic E-state index is 9.37. The van der Waals surface area contributed by atoms with Crippen molar-refractivity contribution in [1.82, 2.24) is 19.5 Å². The molecule has 6 heteroatoms. The molecule has 3 aromatic heterocycles. The molecule has 10 aromatic rings. The van der Waals surface area contributed by atoms with Gasteiger partial charge in [0.1, 0.15) is 11.2 Å². The average Bonchev–Trinajstić information content (AvgIpc) is 3.77. The summed E-state index contributed by atoms with van der Waals surface area (Å²) in [6.45, 7) is 0. The lowest BCUT2D eigenvalue weighted by atomic mass is 9.98. The third kappa shape index (κ3) is 4.84. The van der Waals surface area contributed by atoms with Crippen molar-refractivity contribution in [2.75, 3.05) is 0 Å². The van der Waals surface area contributed by atoms with Crippen LogP contribution in [0.15, 0.2) is 168 Å². The Morgan fingerprint density at radius 2 is 1.06 bits per heavy atom. The lowest BCUT2D eigenvalue weighted by molar-refractivity contribution is 0.669. The van der Waals surface area contributed by atoms with E-state index in [1.54, 1.807) is 0 Å². The smallest absolute Gasteiger partial charge is 0.238 e. The molecule has 10 rings (SSSR count). The van der Waals surface area contributed by atoms with E-state index in [1.165, 1.54) is 0 Å². The molecule has 52 heavy (non-hydrogen) atoms. The van der Waals surface area contributed by atoms with Crippen LogP contribution < -0.4 is 0 Å². The van der Waals surface area contributed by atoms with Crippen LogP contribution >= 0.6 is 0 Å². The Labute approximate surface area is 298 Å². The van der Waals surface area contributed by atoms with Crippen LogP contribution in [-0.2, 0) is 0 Å². The second-order valence-corrected chi connectivity index (χ2v) is 12.8. The Morgan fingerprint density at radius 3 is 1.77 bits per heavy atom. The summed E-state index contributed by atoms with van der Waals surface area (Å²) in [7, 11) is 0. The van der Waals surface area contributed by atoms with E-state index in [9.17, 15) is 5.26 Å². The Balaban J connectivity index is 1.19. The molecule has 242 valence electrons. The minimum Gasteiger partial charge on any atom is -0.456 e. The average molecular weight is 666 g/mol. The van der Waals surface area contributed by atoms with E-state index < -0.39 is 0 Å². The predicted octanol–water partition coefficient (Wildman–Crippen LogP) is 11.4. The quantitative estimate of drug-likeness (QED) is 0.183. The van der Waals surface area contributed by atoms with Crippen molar-refractivity contribution in [3.05, 3.63) is 169 Å². The normalized spacial score (nSPS) is 11.4. The molecule has 0 aliphatic heterocycles. The number of hydrogen-bond donors (Lipinski definition) is 0. The molecule has 0 amide bonds. The largest absolute Gasteiger partial charge is 0.456 e. The van der Waals surface area contributed by atoms with Crippen LogP contribution in [0.25, 0.3) is 94.7 Å². The van der Waals surface area contributed by atoms with Gasteiger partial charge in [-0.2, -0.15) is 15.2 Å². The second-order valence-electron chi connectivity index (χ2n) is 12.8. The van der Waals surface area contributed by atoms with E-state index >= 15 is 0 Å². The van der Waals surface area contributed by atoms with E-state index in [0.717, 1.165) is 77.1 Å². The molecule has 0 aliphatic rings. The van der Waals surface area contributed by atoms with Gasteiger partial charge >= 0.3 is 0 Å². The molecule has 7 aromatic carbocycles. The molecule has 0 aliphatic carbocycles. The van der Waals surface area contributed by atoms with Crippen LogP contribution in [0.2, 0.25) is 0 Å². The summed E-state index contributed by atoms with van der Waals surface area (Å²) < 4.78 is 8.49. The van der Waals surface area contributed by atoms with Gasteiger partial charge in [-0.25, -0.2) is 4.98 Å². The minimum absolute atomic E-state index is 0.542. The number of rotatable bonds is 5. The maximum Gasteiger partial charge on any atom is 0.238 e. The fourth-order valence-corrected chi connectivity index (χ4v) is 7.23. The zero-order valence-corrected chi connectivity index (χ0v) is 27.7. The Morgan fingerprint density at radius 1 is 0.462 bits per heavy atom. The first-order valence-electron chi connectivity index (χ1n) is 17.1. The molecule has 0 saturated heterocycles. The van der Waals surface area contributed by atoms with Crippen LogP contribution in [0.4, 0.5) is 0 Å². The first kappa shape index (κ1) is 29.5. The highest BCUT2D eigenvalue weighted by molar-refractivity contribution is 6.13. The predicted molar refractivity (Wildman–Crippen MR) is 208 cm³/mol. The van der Waals surface area contributed by atoms with E-state index in [2.05, 4.69) is 95.6 Å². The maximum atomic E-state index is 9.37. The highest BCUT2D eigenvalue weighted by Crippen LogP contribution is 2.39. The number of benzene rings is 7. The molecule has 6 nitrogen and oxygen atoms in total. The van der Waals surface area contributed by atoms with Crippen molar-refractivity contribution in [3.63, 3.8) is 0 Å². The summed E-state index contributed by atoms with van der Waals surface area (Å²) in [5.74, 6) is 1.68. The lowest BCUT2D eigenvalue weighted by Crippen LogP contribution is -2.06. The van der Waals surface area contributed by atoms with Gasteiger partial charge in [0.2, 0.25) is 5.95 Å². The lowest BCUT2D eigenvalue weighted by Gasteiger charge is -2.11. The molecule has 0 fully saturated rings. The van der Waals surface area contributed by atoms with Crippen molar-refractivity contribution in [2.24, 2.45) is 0 Å². The number of aromatic nitrogens is 4. The zero-order chi connectivity index (χ0) is 34.6. The molecule has 0 saturated carbocycles. The Bertz CT molecular complexity index is 2950. The summed E-state index contributed by atoms with van der Waals surface area (Å²) in [4.78, 5) is 15.5. The third-order valence-corrected chi connectivity index (χ3v) is 9.73. The standard InChI is InChI=1S/C46H27N5O/c47-28-29-17-19-32(20-18-29)35-13-8-16-42-43(35)38-27-34(25-26-41(38)52-42)45-48-44(33-23-21-31(22-24-33)30-9-2-1-3-10-30)49-46(50-45)51-39-14-6-4-11-36(39)37-12-5-7-15-40(37)51/h1-27H. The summed E-state index contributed by atoms with van der Waals surface area (Å²) >= 11 is 0. The SMILES string of the molecule is N#Cc1ccc(-c2cccc3oc4ccc(-c5nc(-c6ccc(-c7ccccc7)cc6)nc(-n6c7ccccc7c7ccccc76)n5)cc4c23)cc1. The van der Waals surface area contributed by atoms with Gasteiger partial charge in [0.25, 0.3) is 0 Å². The highest BCUT2D eigenvalue weighted by atomic mass is 16.3. The van der Waals surface area contributed by atoms with Crippen LogP contribution in [-0.4, -0.2) is 19.5 Å². The van der Waals surface area contributed by atoms with Crippen molar-refractivity contribution in [2.45, 2.75) is 0 Å². The molecule has 0 bridgehead atoms. The monoisotopic (exact) mass is 665 g/mol. The van der Waals surface area contributed by atoms with Gasteiger partial charge in [0, 0.05) is 32.7 Å². The van der Waals surface area contributed by atoms with E-state index in [4.69, 9.17) is 19.4 Å². The third-order valence-electron chi connectivity index (χ3n) is 9.73. The number of nitrogens with zero attached hydrogens (tertiary/aromatic N) is 5. The number of hydrogen-bond acceptors (Lipinski definition) is 5. The Hall–Kier alpha value is -7.36.